The summed E-state index contributed by atoms with van der Waals surface area (Å²) in [7, 11) is 0. The number of phenols is 2. The van der Waals surface area contributed by atoms with Crippen molar-refractivity contribution >= 4 is 11.9 Å². The Balaban J connectivity index is 1.46. The molecule has 0 aromatic heterocycles. The smallest absolute Gasteiger partial charge is 0.229 e. The molecule has 0 bridgehead atoms. The lowest BCUT2D eigenvalue weighted by Gasteiger charge is -2.42. The van der Waals surface area contributed by atoms with Gasteiger partial charge in [-0.05, 0) is 35.9 Å². The third kappa shape index (κ3) is 6.22. The molecule has 2 fully saturated rings. The minimum atomic E-state index is -1.99. The van der Waals surface area contributed by atoms with Gasteiger partial charge in [-0.3, -0.25) is 4.79 Å². The van der Waals surface area contributed by atoms with Gasteiger partial charge in [-0.25, -0.2) is 0 Å². The summed E-state index contributed by atoms with van der Waals surface area (Å²) in [6, 6.07) is 9.84. The normalized spacial score (nSPS) is 32.9. The van der Waals surface area contributed by atoms with Crippen LogP contribution in [0.4, 0.5) is 0 Å². The summed E-state index contributed by atoms with van der Waals surface area (Å²) in [5, 5.41) is 79.6. The summed E-state index contributed by atoms with van der Waals surface area (Å²) in [5.74, 6) is -0.810. The summed E-state index contributed by atoms with van der Waals surface area (Å²) in [6.45, 7) is -1.91. The maximum Gasteiger partial charge on any atom is 0.229 e. The fourth-order valence-corrected chi connectivity index (χ4v) is 4.14. The van der Waals surface area contributed by atoms with Gasteiger partial charge < -0.3 is 59.8 Å². The zero-order valence-electron chi connectivity index (χ0n) is 20.5. The molecule has 2 aliphatic heterocycles. The van der Waals surface area contributed by atoms with Gasteiger partial charge in [-0.1, -0.05) is 18.2 Å². The number of aromatic hydroxyl groups is 2. The number of carbonyl (C=O) groups excluding carboxylic acids is 1. The quantitative estimate of drug-likeness (QED) is 0.134. The number of carbonyl (C=O) groups is 1. The highest BCUT2D eigenvalue weighted by atomic mass is 16.8. The van der Waals surface area contributed by atoms with Crippen LogP contribution in [0.2, 0.25) is 0 Å². The van der Waals surface area contributed by atoms with Crippen molar-refractivity contribution in [2.24, 2.45) is 0 Å². The molecule has 8 atom stereocenters. The van der Waals surface area contributed by atoms with Gasteiger partial charge in [0.2, 0.25) is 6.29 Å². The largest absolute Gasteiger partial charge is 0.508 e. The molecule has 39 heavy (non-hydrogen) atoms. The van der Waals surface area contributed by atoms with Crippen molar-refractivity contribution in [1.82, 2.24) is 0 Å². The van der Waals surface area contributed by atoms with E-state index in [0.29, 0.717) is 5.56 Å². The molecule has 13 heteroatoms. The SMILES string of the molecule is O=C(/C=C\c1ccc(O[C@@H]2O[C@H](CO)[C@H](O)[C@H](O)[C@H]2O[C@@H]2OC[C@](O)(CO)[C@H]2O)cc1)c1ccc(O)cc1O. The van der Waals surface area contributed by atoms with Gasteiger partial charge in [-0.2, -0.15) is 0 Å². The van der Waals surface area contributed by atoms with Crippen molar-refractivity contribution in [1.29, 1.82) is 0 Å². The number of aliphatic hydroxyl groups excluding tert-OH is 5. The Morgan fingerprint density at radius 1 is 1.03 bits per heavy atom. The second-order valence-electron chi connectivity index (χ2n) is 9.28. The lowest BCUT2D eigenvalue weighted by molar-refractivity contribution is -0.318. The Kier molecular flexibility index (Phi) is 8.86. The van der Waals surface area contributed by atoms with Crippen LogP contribution in [0.25, 0.3) is 6.08 Å². The van der Waals surface area contributed by atoms with Crippen LogP contribution in [-0.4, -0.2) is 115 Å². The number of ether oxygens (including phenoxy) is 4. The molecular formula is C26H30O13. The van der Waals surface area contributed by atoms with E-state index < -0.39 is 74.3 Å². The van der Waals surface area contributed by atoms with Crippen LogP contribution in [0.5, 0.6) is 17.2 Å². The second kappa shape index (κ2) is 12.0. The summed E-state index contributed by atoms with van der Waals surface area (Å²) in [4.78, 5) is 12.4. The molecule has 2 aliphatic rings. The summed E-state index contributed by atoms with van der Waals surface area (Å²) in [5.41, 5.74) is -1.39. The number of ketones is 1. The number of hydrogen-bond acceptors (Lipinski definition) is 13. The molecule has 13 nitrogen and oxygen atoms in total. The Morgan fingerprint density at radius 2 is 1.74 bits per heavy atom. The van der Waals surface area contributed by atoms with Crippen molar-refractivity contribution < 1.29 is 64.6 Å². The predicted molar refractivity (Wildman–Crippen MR) is 131 cm³/mol. The van der Waals surface area contributed by atoms with Crippen molar-refractivity contribution in [2.45, 2.75) is 48.7 Å². The molecule has 0 amide bonds. The molecule has 2 aromatic rings. The van der Waals surface area contributed by atoms with E-state index in [4.69, 9.17) is 18.9 Å². The summed E-state index contributed by atoms with van der Waals surface area (Å²) < 4.78 is 22.2. The third-order valence-corrected chi connectivity index (χ3v) is 6.50. The Hall–Kier alpha value is -3.11. The van der Waals surface area contributed by atoms with E-state index in [1.165, 1.54) is 36.4 Å². The van der Waals surface area contributed by atoms with Gasteiger partial charge in [0.1, 0.15) is 47.3 Å². The topological polar surface area (TPSA) is 216 Å². The van der Waals surface area contributed by atoms with Gasteiger partial charge in [0.15, 0.2) is 18.2 Å². The molecule has 0 radical (unpaired) electrons. The first-order valence-corrected chi connectivity index (χ1v) is 12.0. The zero-order chi connectivity index (χ0) is 28.3. The van der Waals surface area contributed by atoms with Crippen LogP contribution in [0.3, 0.4) is 0 Å². The van der Waals surface area contributed by atoms with Gasteiger partial charge in [-0.15, -0.1) is 0 Å². The van der Waals surface area contributed by atoms with Crippen molar-refractivity contribution in [3.05, 3.63) is 59.7 Å². The molecule has 4 rings (SSSR count). The number of aliphatic hydroxyl groups is 6. The van der Waals surface area contributed by atoms with E-state index in [-0.39, 0.29) is 22.8 Å². The number of hydrogen-bond donors (Lipinski definition) is 8. The van der Waals surface area contributed by atoms with Crippen LogP contribution in [0.1, 0.15) is 15.9 Å². The fraction of sp³-hybridized carbons (Fsp3) is 0.423. The van der Waals surface area contributed by atoms with Crippen LogP contribution >= 0.6 is 0 Å². The average Bonchev–Trinajstić information content (AvgIpc) is 3.21. The van der Waals surface area contributed by atoms with Crippen LogP contribution in [0.15, 0.2) is 48.5 Å². The molecule has 2 saturated heterocycles. The molecule has 8 N–H and O–H groups in total. The lowest BCUT2D eigenvalue weighted by atomic mass is 9.98. The highest BCUT2D eigenvalue weighted by Crippen LogP contribution is 2.32. The lowest BCUT2D eigenvalue weighted by Crippen LogP contribution is -2.62. The number of phenolic OH excluding ortho intramolecular Hbond substituents is 2. The summed E-state index contributed by atoms with van der Waals surface area (Å²) in [6.07, 6.45) is -7.74. The molecule has 2 heterocycles. The van der Waals surface area contributed by atoms with Crippen molar-refractivity contribution in [3.8, 4) is 17.2 Å². The van der Waals surface area contributed by atoms with E-state index in [2.05, 4.69) is 0 Å². The van der Waals surface area contributed by atoms with E-state index in [1.807, 2.05) is 0 Å². The molecule has 2 aromatic carbocycles. The number of allylic oxidation sites excluding steroid dienone is 1. The molecule has 0 aliphatic carbocycles. The number of rotatable bonds is 9. The van der Waals surface area contributed by atoms with E-state index >= 15 is 0 Å². The molecule has 0 saturated carbocycles. The standard InChI is InChI=1S/C26H30O13/c27-10-19-20(32)21(33)22(39-25-23(34)26(35,11-28)12-36-25)24(38-19)37-15-5-1-13(2-6-15)3-8-17(30)16-7-4-14(29)9-18(16)31/h1-9,19-25,27-29,31-35H,10-12H2/b8-3-/t19-,20+,21+,22-,23+,24-,25+,26-/m1/s1. The maximum absolute atomic E-state index is 12.4. The van der Waals surface area contributed by atoms with Crippen LogP contribution < -0.4 is 4.74 Å². The minimum Gasteiger partial charge on any atom is -0.508 e. The predicted octanol–water partition coefficient (Wildman–Crippen LogP) is -1.36. The molecule has 0 spiro atoms. The average molecular weight is 551 g/mol. The highest BCUT2D eigenvalue weighted by molar-refractivity contribution is 6.08. The molecular weight excluding hydrogens is 520 g/mol. The van der Waals surface area contributed by atoms with E-state index in [1.54, 1.807) is 12.1 Å². The minimum absolute atomic E-state index is 0.0115. The fourth-order valence-electron chi connectivity index (χ4n) is 4.14. The van der Waals surface area contributed by atoms with E-state index in [0.717, 1.165) is 6.07 Å². The summed E-state index contributed by atoms with van der Waals surface area (Å²) >= 11 is 0. The van der Waals surface area contributed by atoms with Gasteiger partial charge >= 0.3 is 0 Å². The Morgan fingerprint density at radius 3 is 2.36 bits per heavy atom. The highest BCUT2D eigenvalue weighted by Gasteiger charge is 2.53. The first-order chi connectivity index (χ1) is 18.6. The van der Waals surface area contributed by atoms with E-state index in [9.17, 15) is 45.6 Å². The monoisotopic (exact) mass is 550 g/mol. The van der Waals surface area contributed by atoms with Gasteiger partial charge in [0.05, 0.1) is 25.4 Å². The Bertz CT molecular complexity index is 1170. The van der Waals surface area contributed by atoms with Crippen molar-refractivity contribution in [2.75, 3.05) is 19.8 Å². The molecule has 0 unspecified atom stereocenters. The molecule has 212 valence electrons. The maximum atomic E-state index is 12.4. The van der Waals surface area contributed by atoms with Gasteiger partial charge in [0.25, 0.3) is 0 Å². The third-order valence-electron chi connectivity index (χ3n) is 6.50. The van der Waals surface area contributed by atoms with Crippen LogP contribution in [0, 0.1) is 0 Å². The van der Waals surface area contributed by atoms with Crippen molar-refractivity contribution in [3.63, 3.8) is 0 Å². The van der Waals surface area contributed by atoms with Gasteiger partial charge in [0, 0.05) is 6.07 Å². The first-order valence-electron chi connectivity index (χ1n) is 12.0. The second-order valence-corrected chi connectivity index (χ2v) is 9.28. The Labute approximate surface area is 222 Å². The van der Waals surface area contributed by atoms with Crippen LogP contribution in [-0.2, 0) is 14.2 Å². The zero-order valence-corrected chi connectivity index (χ0v) is 20.5. The number of benzene rings is 2. The first kappa shape index (κ1) is 28.9.